The fourth-order valence-electron chi connectivity index (χ4n) is 3.29. The maximum Gasteiger partial charge on any atom is 0.418 e. The topological polar surface area (TPSA) is 55.4 Å². The number of hydrogen-bond acceptors (Lipinski definition) is 3. The number of anilines is 1. The van der Waals surface area contributed by atoms with Gasteiger partial charge in [-0.3, -0.25) is 9.59 Å². The number of carbonyl (C=O) groups excluding carboxylic acids is 2. The van der Waals surface area contributed by atoms with Crippen LogP contribution in [0.1, 0.15) is 24.8 Å². The molecule has 0 fully saturated rings. The molecule has 1 aliphatic carbocycles. The summed E-state index contributed by atoms with van der Waals surface area (Å²) in [7, 11) is 1.44. The van der Waals surface area contributed by atoms with Gasteiger partial charge >= 0.3 is 6.18 Å². The second-order valence-corrected chi connectivity index (χ2v) is 6.39. The molecule has 1 amide bonds. The minimum atomic E-state index is -4.67. The number of rotatable bonds is 5. The van der Waals surface area contributed by atoms with E-state index in [2.05, 4.69) is 5.32 Å². The number of ether oxygens (including phenoxy) is 1. The minimum Gasteiger partial charge on any atom is -0.496 e. The number of methoxy groups -OCH3 is 1. The maximum atomic E-state index is 13.6. The Morgan fingerprint density at radius 2 is 1.89 bits per heavy atom. The van der Waals surface area contributed by atoms with E-state index in [1.165, 1.54) is 19.2 Å². The van der Waals surface area contributed by atoms with Gasteiger partial charge in [-0.1, -0.05) is 24.3 Å². The monoisotopic (exact) mass is 389 g/mol. The molecule has 0 aromatic heterocycles. The Kier molecular flexibility index (Phi) is 5.53. The summed E-state index contributed by atoms with van der Waals surface area (Å²) < 4.78 is 46.2. The molecule has 2 aromatic rings. The van der Waals surface area contributed by atoms with E-state index in [-0.39, 0.29) is 11.3 Å². The van der Waals surface area contributed by atoms with Crippen LogP contribution in [0.4, 0.5) is 18.9 Å². The minimum absolute atomic E-state index is 0.247. The van der Waals surface area contributed by atoms with Crippen LogP contribution in [0.25, 0.3) is 11.1 Å². The summed E-state index contributed by atoms with van der Waals surface area (Å²) >= 11 is 0. The van der Waals surface area contributed by atoms with Crippen molar-refractivity contribution in [1.82, 2.24) is 0 Å². The van der Waals surface area contributed by atoms with Crippen LogP contribution < -0.4 is 10.1 Å². The first-order valence-corrected chi connectivity index (χ1v) is 8.68. The van der Waals surface area contributed by atoms with E-state index in [0.717, 1.165) is 6.07 Å². The van der Waals surface area contributed by atoms with Gasteiger partial charge in [-0.25, -0.2) is 0 Å². The second kappa shape index (κ2) is 7.88. The van der Waals surface area contributed by atoms with Gasteiger partial charge in [0, 0.05) is 16.7 Å². The summed E-state index contributed by atoms with van der Waals surface area (Å²) in [6.45, 7) is 0. The molecule has 0 heterocycles. The summed E-state index contributed by atoms with van der Waals surface area (Å²) in [4.78, 5) is 23.4. The van der Waals surface area contributed by atoms with Crippen LogP contribution >= 0.6 is 0 Å². The van der Waals surface area contributed by atoms with Crippen LogP contribution in [0, 0.1) is 0 Å². The van der Waals surface area contributed by atoms with Gasteiger partial charge in [0.1, 0.15) is 12.0 Å². The first-order valence-electron chi connectivity index (χ1n) is 8.68. The van der Waals surface area contributed by atoms with Crippen molar-refractivity contribution in [3.8, 4) is 16.9 Å². The summed E-state index contributed by atoms with van der Waals surface area (Å²) in [6.07, 6.45) is -2.60. The van der Waals surface area contributed by atoms with Crippen molar-refractivity contribution >= 4 is 17.9 Å². The van der Waals surface area contributed by atoms with Gasteiger partial charge in [-0.15, -0.1) is 0 Å². The van der Waals surface area contributed by atoms with Gasteiger partial charge in [0.15, 0.2) is 0 Å². The summed E-state index contributed by atoms with van der Waals surface area (Å²) in [5.74, 6) is -0.228. The molecule has 0 unspecified atom stereocenters. The molecule has 4 nitrogen and oxygen atoms in total. The highest BCUT2D eigenvalue weighted by molar-refractivity contribution is 6.08. The Balaban J connectivity index is 2.01. The average Bonchev–Trinajstić information content (AvgIpc) is 3.16. The van der Waals surface area contributed by atoms with E-state index in [1.807, 2.05) is 0 Å². The van der Waals surface area contributed by atoms with Gasteiger partial charge in [0.25, 0.3) is 5.91 Å². The van der Waals surface area contributed by atoms with Crippen LogP contribution in [-0.2, 0) is 15.8 Å². The number of aldehydes is 1. The fraction of sp³-hybridized carbons (Fsp3) is 0.238. The third-order valence-corrected chi connectivity index (χ3v) is 4.67. The van der Waals surface area contributed by atoms with E-state index < -0.39 is 17.6 Å². The zero-order valence-electron chi connectivity index (χ0n) is 15.1. The Morgan fingerprint density at radius 1 is 1.14 bits per heavy atom. The largest absolute Gasteiger partial charge is 0.496 e. The Morgan fingerprint density at radius 3 is 2.57 bits per heavy atom. The average molecular weight is 389 g/mol. The molecule has 0 saturated heterocycles. The van der Waals surface area contributed by atoms with Crippen LogP contribution in [0.15, 0.2) is 53.6 Å². The van der Waals surface area contributed by atoms with Crippen molar-refractivity contribution in [2.24, 2.45) is 0 Å². The Labute approximate surface area is 160 Å². The SMILES string of the molecule is COc1ccccc1-c1ccc(NC(=O)C2=C(C=O)CCC2)c(C(F)(F)F)c1. The molecule has 3 rings (SSSR count). The highest BCUT2D eigenvalue weighted by Crippen LogP contribution is 2.40. The predicted molar refractivity (Wildman–Crippen MR) is 99.0 cm³/mol. The molecule has 146 valence electrons. The number of amides is 1. The number of hydrogen-bond donors (Lipinski definition) is 1. The zero-order chi connectivity index (χ0) is 20.3. The molecule has 28 heavy (non-hydrogen) atoms. The number of alkyl halides is 3. The lowest BCUT2D eigenvalue weighted by Gasteiger charge is -2.17. The van der Waals surface area contributed by atoms with Crippen molar-refractivity contribution in [3.63, 3.8) is 0 Å². The van der Waals surface area contributed by atoms with E-state index in [4.69, 9.17) is 4.74 Å². The van der Waals surface area contributed by atoms with Gasteiger partial charge in [-0.2, -0.15) is 13.2 Å². The highest BCUT2D eigenvalue weighted by atomic mass is 19.4. The molecule has 0 radical (unpaired) electrons. The molecule has 0 bridgehead atoms. The molecule has 1 aliphatic rings. The smallest absolute Gasteiger partial charge is 0.418 e. The number of halogens is 3. The summed E-state index contributed by atoms with van der Waals surface area (Å²) in [5, 5.41) is 2.32. The first kappa shape index (κ1) is 19.7. The third-order valence-electron chi connectivity index (χ3n) is 4.67. The zero-order valence-corrected chi connectivity index (χ0v) is 15.1. The highest BCUT2D eigenvalue weighted by Gasteiger charge is 2.35. The molecule has 1 N–H and O–H groups in total. The Bertz CT molecular complexity index is 948. The van der Waals surface area contributed by atoms with Gasteiger partial charge in [0.2, 0.25) is 0 Å². The predicted octanol–water partition coefficient (Wildman–Crippen LogP) is 5.00. The maximum absolute atomic E-state index is 13.6. The Hall–Kier alpha value is -3.09. The van der Waals surface area contributed by atoms with Crippen molar-refractivity contribution in [1.29, 1.82) is 0 Å². The lowest BCUT2D eigenvalue weighted by atomic mass is 10.00. The molecule has 0 spiro atoms. The van der Waals surface area contributed by atoms with Crippen molar-refractivity contribution in [3.05, 3.63) is 59.2 Å². The second-order valence-electron chi connectivity index (χ2n) is 6.39. The summed E-state index contributed by atoms with van der Waals surface area (Å²) in [5.41, 5.74) is 0.108. The van der Waals surface area contributed by atoms with E-state index in [0.29, 0.717) is 48.0 Å². The van der Waals surface area contributed by atoms with Crippen LogP contribution in [0.2, 0.25) is 0 Å². The number of benzene rings is 2. The van der Waals surface area contributed by atoms with Crippen molar-refractivity contribution in [2.45, 2.75) is 25.4 Å². The van der Waals surface area contributed by atoms with Crippen LogP contribution in [-0.4, -0.2) is 19.3 Å². The van der Waals surface area contributed by atoms with E-state index in [1.54, 1.807) is 24.3 Å². The molecule has 0 aliphatic heterocycles. The molecule has 7 heteroatoms. The first-order chi connectivity index (χ1) is 13.3. The van der Waals surface area contributed by atoms with E-state index in [9.17, 15) is 22.8 Å². The quantitative estimate of drug-likeness (QED) is 0.733. The van der Waals surface area contributed by atoms with Gasteiger partial charge in [0.05, 0.1) is 18.4 Å². The number of allylic oxidation sites excluding steroid dienone is 1. The van der Waals surface area contributed by atoms with Crippen molar-refractivity contribution in [2.75, 3.05) is 12.4 Å². The number of carbonyl (C=O) groups is 2. The molecule has 2 aromatic carbocycles. The summed E-state index contributed by atoms with van der Waals surface area (Å²) in [6, 6.07) is 10.4. The number of para-hydroxylation sites is 1. The lowest BCUT2D eigenvalue weighted by molar-refractivity contribution is -0.137. The molecular formula is C21H18F3NO3. The van der Waals surface area contributed by atoms with Crippen molar-refractivity contribution < 1.29 is 27.5 Å². The van der Waals surface area contributed by atoms with E-state index >= 15 is 0 Å². The van der Waals surface area contributed by atoms with Gasteiger partial charge in [-0.05, 0) is 43.0 Å². The third kappa shape index (κ3) is 3.93. The van der Waals surface area contributed by atoms with Crippen LogP contribution in [0.5, 0.6) is 5.75 Å². The fourth-order valence-corrected chi connectivity index (χ4v) is 3.29. The molecule has 0 saturated carbocycles. The molecule has 0 atom stereocenters. The lowest BCUT2D eigenvalue weighted by Crippen LogP contribution is -2.18. The molecular weight excluding hydrogens is 371 g/mol. The van der Waals surface area contributed by atoms with Gasteiger partial charge < -0.3 is 10.1 Å². The van der Waals surface area contributed by atoms with Crippen LogP contribution in [0.3, 0.4) is 0 Å². The number of nitrogens with one attached hydrogen (secondary N) is 1. The standard InChI is InChI=1S/C21H18F3NO3/c1-28-19-8-3-2-6-15(19)13-9-10-18(17(11-13)21(22,23)24)25-20(27)16-7-4-5-14(16)12-26/h2-3,6,8-12H,4-5,7H2,1H3,(H,25,27). The normalized spacial score (nSPS) is 14.1.